The van der Waals surface area contributed by atoms with E-state index in [0.29, 0.717) is 25.6 Å². The summed E-state index contributed by atoms with van der Waals surface area (Å²) in [7, 11) is 1.60. The number of nitrogens with zero attached hydrogens (tertiary/aromatic N) is 1. The maximum atomic E-state index is 5.40. The molecule has 0 spiro atoms. The molecule has 0 unspecified atom stereocenters. The summed E-state index contributed by atoms with van der Waals surface area (Å²) >= 11 is 0. The molecule has 0 aliphatic carbocycles. The number of aromatic nitrogens is 1. The summed E-state index contributed by atoms with van der Waals surface area (Å²) in [6, 6.07) is 7.63. The SMILES string of the molecule is COCc1nc(-c2ccc(OCCN)cc2)co1. The highest BCUT2D eigenvalue weighted by atomic mass is 16.5. The Balaban J connectivity index is 2.07. The molecule has 0 bridgehead atoms. The van der Waals surface area contributed by atoms with E-state index in [-0.39, 0.29) is 0 Å². The van der Waals surface area contributed by atoms with Crippen molar-refractivity contribution >= 4 is 0 Å². The van der Waals surface area contributed by atoms with Gasteiger partial charge in [0, 0.05) is 19.2 Å². The zero-order chi connectivity index (χ0) is 12.8. The largest absolute Gasteiger partial charge is 0.492 e. The summed E-state index contributed by atoms with van der Waals surface area (Å²) in [5.74, 6) is 1.36. The molecule has 0 aliphatic heterocycles. The predicted molar refractivity (Wildman–Crippen MR) is 67.2 cm³/mol. The standard InChI is InChI=1S/C13H16N2O3/c1-16-9-13-15-12(8-18-13)10-2-4-11(5-3-10)17-7-6-14/h2-5,8H,6-7,9,14H2,1H3. The van der Waals surface area contributed by atoms with Crippen LogP contribution in [0.15, 0.2) is 34.9 Å². The van der Waals surface area contributed by atoms with Crippen LogP contribution in [-0.2, 0) is 11.3 Å². The van der Waals surface area contributed by atoms with Crippen LogP contribution in [0.2, 0.25) is 0 Å². The minimum Gasteiger partial charge on any atom is -0.492 e. The Morgan fingerprint density at radius 1 is 1.28 bits per heavy atom. The molecule has 2 N–H and O–H groups in total. The van der Waals surface area contributed by atoms with Crippen molar-refractivity contribution in [2.75, 3.05) is 20.3 Å². The third-order valence-electron chi connectivity index (χ3n) is 2.36. The lowest BCUT2D eigenvalue weighted by Gasteiger charge is -2.04. The van der Waals surface area contributed by atoms with E-state index in [0.717, 1.165) is 17.0 Å². The van der Waals surface area contributed by atoms with Gasteiger partial charge in [0.25, 0.3) is 0 Å². The first kappa shape index (κ1) is 12.6. The van der Waals surface area contributed by atoms with Crippen LogP contribution in [0, 0.1) is 0 Å². The second kappa shape index (κ2) is 6.18. The molecule has 2 rings (SSSR count). The second-order valence-corrected chi connectivity index (χ2v) is 3.72. The van der Waals surface area contributed by atoms with Crippen molar-refractivity contribution in [3.63, 3.8) is 0 Å². The molecule has 0 saturated heterocycles. The molecule has 0 aliphatic rings. The average Bonchev–Trinajstić information content (AvgIpc) is 2.86. The van der Waals surface area contributed by atoms with E-state index >= 15 is 0 Å². The topological polar surface area (TPSA) is 70.5 Å². The number of ether oxygens (including phenoxy) is 2. The molecule has 0 amide bonds. The summed E-state index contributed by atoms with van der Waals surface area (Å²) in [6.07, 6.45) is 1.62. The predicted octanol–water partition coefficient (Wildman–Crippen LogP) is 1.83. The van der Waals surface area contributed by atoms with Gasteiger partial charge in [-0.2, -0.15) is 0 Å². The Labute approximate surface area is 106 Å². The van der Waals surface area contributed by atoms with Crippen molar-refractivity contribution in [2.24, 2.45) is 5.73 Å². The molecular weight excluding hydrogens is 232 g/mol. The fourth-order valence-electron chi connectivity index (χ4n) is 1.53. The monoisotopic (exact) mass is 248 g/mol. The highest BCUT2D eigenvalue weighted by Crippen LogP contribution is 2.22. The molecule has 18 heavy (non-hydrogen) atoms. The molecule has 1 heterocycles. The van der Waals surface area contributed by atoms with E-state index in [9.17, 15) is 0 Å². The summed E-state index contributed by atoms with van der Waals surface area (Å²) in [5, 5.41) is 0. The van der Waals surface area contributed by atoms with Crippen LogP contribution in [0.1, 0.15) is 5.89 Å². The Kier molecular flexibility index (Phi) is 4.33. The van der Waals surface area contributed by atoms with E-state index < -0.39 is 0 Å². The Hall–Kier alpha value is -1.85. The first-order valence-corrected chi connectivity index (χ1v) is 5.70. The van der Waals surface area contributed by atoms with Gasteiger partial charge in [-0.25, -0.2) is 4.98 Å². The summed E-state index contributed by atoms with van der Waals surface area (Å²) < 4.78 is 15.6. The van der Waals surface area contributed by atoms with Crippen LogP contribution < -0.4 is 10.5 Å². The van der Waals surface area contributed by atoms with E-state index in [1.807, 2.05) is 24.3 Å². The average molecular weight is 248 g/mol. The van der Waals surface area contributed by atoms with Gasteiger partial charge in [0.1, 0.15) is 30.9 Å². The highest BCUT2D eigenvalue weighted by Gasteiger charge is 2.06. The van der Waals surface area contributed by atoms with Crippen molar-refractivity contribution in [3.8, 4) is 17.0 Å². The maximum Gasteiger partial charge on any atom is 0.220 e. The molecule has 5 nitrogen and oxygen atoms in total. The van der Waals surface area contributed by atoms with Crippen molar-refractivity contribution in [3.05, 3.63) is 36.4 Å². The first-order valence-electron chi connectivity index (χ1n) is 5.70. The van der Waals surface area contributed by atoms with Gasteiger partial charge in [0.05, 0.1) is 0 Å². The summed E-state index contributed by atoms with van der Waals surface area (Å²) in [4.78, 5) is 4.31. The van der Waals surface area contributed by atoms with Crippen molar-refractivity contribution in [1.82, 2.24) is 4.98 Å². The normalized spacial score (nSPS) is 10.6. The highest BCUT2D eigenvalue weighted by molar-refractivity contribution is 5.58. The number of methoxy groups -OCH3 is 1. The minimum atomic E-state index is 0.373. The summed E-state index contributed by atoms with van der Waals surface area (Å²) in [6.45, 7) is 1.39. The smallest absolute Gasteiger partial charge is 0.220 e. The Morgan fingerprint density at radius 2 is 2.06 bits per heavy atom. The maximum absolute atomic E-state index is 5.40. The number of hydrogen-bond donors (Lipinski definition) is 1. The number of nitrogens with two attached hydrogens (primary N) is 1. The lowest BCUT2D eigenvalue weighted by atomic mass is 10.2. The molecule has 1 aromatic carbocycles. The number of benzene rings is 1. The van der Waals surface area contributed by atoms with Crippen molar-refractivity contribution in [2.45, 2.75) is 6.61 Å². The molecular formula is C13H16N2O3. The van der Waals surface area contributed by atoms with Crippen LogP contribution >= 0.6 is 0 Å². The fraction of sp³-hybridized carbons (Fsp3) is 0.308. The fourth-order valence-corrected chi connectivity index (χ4v) is 1.53. The van der Waals surface area contributed by atoms with E-state index in [1.165, 1.54) is 0 Å². The van der Waals surface area contributed by atoms with E-state index in [2.05, 4.69) is 4.98 Å². The molecule has 5 heteroatoms. The number of oxazole rings is 1. The Morgan fingerprint density at radius 3 is 2.72 bits per heavy atom. The lowest BCUT2D eigenvalue weighted by molar-refractivity contribution is 0.159. The van der Waals surface area contributed by atoms with Crippen LogP contribution in [0.4, 0.5) is 0 Å². The molecule has 1 aromatic heterocycles. The second-order valence-electron chi connectivity index (χ2n) is 3.72. The Bertz CT molecular complexity index is 479. The molecule has 0 atom stereocenters. The zero-order valence-electron chi connectivity index (χ0n) is 10.3. The quantitative estimate of drug-likeness (QED) is 0.844. The lowest BCUT2D eigenvalue weighted by Crippen LogP contribution is -2.10. The van der Waals surface area contributed by atoms with Crippen molar-refractivity contribution < 1.29 is 13.9 Å². The minimum absolute atomic E-state index is 0.373. The third kappa shape index (κ3) is 3.09. The van der Waals surface area contributed by atoms with Gasteiger partial charge >= 0.3 is 0 Å². The molecule has 2 aromatic rings. The van der Waals surface area contributed by atoms with Gasteiger partial charge < -0.3 is 19.6 Å². The van der Waals surface area contributed by atoms with Gasteiger partial charge in [0.15, 0.2) is 0 Å². The van der Waals surface area contributed by atoms with Gasteiger partial charge in [-0.1, -0.05) is 0 Å². The van der Waals surface area contributed by atoms with Crippen LogP contribution in [0.25, 0.3) is 11.3 Å². The van der Waals surface area contributed by atoms with Crippen LogP contribution in [0.3, 0.4) is 0 Å². The molecule has 0 radical (unpaired) electrons. The number of rotatable bonds is 6. The third-order valence-corrected chi connectivity index (χ3v) is 2.36. The molecule has 0 fully saturated rings. The zero-order valence-corrected chi connectivity index (χ0v) is 10.3. The van der Waals surface area contributed by atoms with E-state index in [1.54, 1.807) is 13.4 Å². The first-order chi connectivity index (χ1) is 8.83. The van der Waals surface area contributed by atoms with Gasteiger partial charge in [0.2, 0.25) is 5.89 Å². The van der Waals surface area contributed by atoms with E-state index in [4.69, 9.17) is 19.6 Å². The van der Waals surface area contributed by atoms with Gasteiger partial charge in [-0.05, 0) is 24.3 Å². The van der Waals surface area contributed by atoms with Crippen LogP contribution in [-0.4, -0.2) is 25.2 Å². The number of hydrogen-bond acceptors (Lipinski definition) is 5. The van der Waals surface area contributed by atoms with Crippen LogP contribution in [0.5, 0.6) is 5.75 Å². The van der Waals surface area contributed by atoms with Gasteiger partial charge in [-0.15, -0.1) is 0 Å². The molecule has 96 valence electrons. The van der Waals surface area contributed by atoms with Crippen molar-refractivity contribution in [1.29, 1.82) is 0 Å². The molecule has 0 saturated carbocycles. The van der Waals surface area contributed by atoms with Gasteiger partial charge in [-0.3, -0.25) is 0 Å². The summed E-state index contributed by atoms with van der Waals surface area (Å²) in [5.41, 5.74) is 7.13.